The Morgan fingerprint density at radius 2 is 1.77 bits per heavy atom. The fourth-order valence-electron chi connectivity index (χ4n) is 3.79. The van der Waals surface area contributed by atoms with Crippen LogP contribution < -0.4 is 4.90 Å². The van der Waals surface area contributed by atoms with Gasteiger partial charge in [-0.05, 0) is 51.3 Å². The first-order chi connectivity index (χ1) is 14.7. The second kappa shape index (κ2) is 8.63. The van der Waals surface area contributed by atoms with E-state index in [-0.39, 0.29) is 11.4 Å². The number of hydrogen-bond donors (Lipinski definition) is 0. The zero-order valence-corrected chi connectivity index (χ0v) is 19.3. The van der Waals surface area contributed by atoms with Gasteiger partial charge in [0.15, 0.2) is 17.0 Å². The van der Waals surface area contributed by atoms with Crippen molar-refractivity contribution in [1.29, 1.82) is 0 Å². The summed E-state index contributed by atoms with van der Waals surface area (Å²) in [6.45, 7) is 9.71. The maximum Gasteiger partial charge on any atom is 0.410 e. The highest BCUT2D eigenvalue weighted by Crippen LogP contribution is 2.28. The Balaban J connectivity index is 1.55. The number of nitrogens with zero attached hydrogens (tertiary/aromatic N) is 6. The Bertz CT molecular complexity index is 997. The summed E-state index contributed by atoms with van der Waals surface area (Å²) < 4.78 is 12.9. The third-order valence-electron chi connectivity index (χ3n) is 5.41. The van der Waals surface area contributed by atoms with Crippen molar-refractivity contribution in [3.63, 3.8) is 0 Å². The molecule has 0 aromatic carbocycles. The summed E-state index contributed by atoms with van der Waals surface area (Å²) in [7, 11) is 1.93. The number of aromatic nitrogens is 4. The molecule has 0 aliphatic carbocycles. The lowest BCUT2D eigenvalue weighted by Crippen LogP contribution is -2.40. The number of hydrogen-bond acceptors (Lipinski definition) is 7. The van der Waals surface area contributed by atoms with E-state index in [1.165, 1.54) is 5.57 Å². The Hall–Kier alpha value is -2.39. The normalized spacial score (nSPS) is 17.9. The summed E-state index contributed by atoms with van der Waals surface area (Å²) in [6, 6.07) is 0. The maximum atomic E-state index is 12.3. The van der Waals surface area contributed by atoms with Crippen LogP contribution in [0.2, 0.25) is 5.28 Å². The molecule has 4 rings (SSSR count). The number of likely N-dealkylation sites (tertiary alicyclic amines) is 1. The Morgan fingerprint density at radius 3 is 2.42 bits per heavy atom. The van der Waals surface area contributed by atoms with Crippen molar-refractivity contribution in [1.82, 2.24) is 24.4 Å². The number of anilines is 1. The standard InChI is InChI=1S/C21H29ClN6O3/c1-21(2,3)31-20(29)28-7-5-14(6-8-28)13-15-23-16-17(26(15)4)24-19(22)25-18(16)27-9-11-30-12-10-27/h13H,5-12H2,1-4H3. The number of carbonyl (C=O) groups excluding carboxylic acids is 1. The maximum absolute atomic E-state index is 12.3. The van der Waals surface area contributed by atoms with Crippen molar-refractivity contribution in [2.24, 2.45) is 7.05 Å². The first kappa shape index (κ1) is 21.8. The lowest BCUT2D eigenvalue weighted by molar-refractivity contribution is 0.0237. The van der Waals surface area contributed by atoms with Gasteiger partial charge < -0.3 is 23.8 Å². The monoisotopic (exact) mass is 448 g/mol. The van der Waals surface area contributed by atoms with E-state index in [4.69, 9.17) is 26.1 Å². The van der Waals surface area contributed by atoms with Crippen LogP contribution in [0.15, 0.2) is 5.57 Å². The van der Waals surface area contributed by atoms with E-state index in [1.54, 1.807) is 4.90 Å². The van der Waals surface area contributed by atoms with E-state index in [0.717, 1.165) is 43.1 Å². The number of imidazole rings is 1. The molecular weight excluding hydrogens is 420 g/mol. The number of aryl methyl sites for hydroxylation is 1. The minimum absolute atomic E-state index is 0.210. The fourth-order valence-corrected chi connectivity index (χ4v) is 3.95. The van der Waals surface area contributed by atoms with E-state index in [0.29, 0.717) is 32.0 Å². The van der Waals surface area contributed by atoms with Gasteiger partial charge in [0.05, 0.1) is 13.2 Å². The van der Waals surface area contributed by atoms with Gasteiger partial charge in [-0.25, -0.2) is 9.78 Å². The summed E-state index contributed by atoms with van der Waals surface area (Å²) in [6.07, 6.45) is 3.40. The minimum atomic E-state index is -0.485. The molecule has 4 heterocycles. The first-order valence-corrected chi connectivity index (χ1v) is 11.0. The highest BCUT2D eigenvalue weighted by molar-refractivity contribution is 6.28. The number of halogens is 1. The topological polar surface area (TPSA) is 85.6 Å². The van der Waals surface area contributed by atoms with Crippen molar-refractivity contribution in [2.75, 3.05) is 44.3 Å². The zero-order chi connectivity index (χ0) is 22.2. The van der Waals surface area contributed by atoms with Gasteiger partial charge in [-0.2, -0.15) is 9.97 Å². The van der Waals surface area contributed by atoms with Gasteiger partial charge in [-0.1, -0.05) is 5.57 Å². The molecule has 9 nitrogen and oxygen atoms in total. The summed E-state index contributed by atoms with van der Waals surface area (Å²) in [5.74, 6) is 1.56. The second-order valence-electron chi connectivity index (χ2n) is 8.89. The molecule has 0 atom stereocenters. The van der Waals surface area contributed by atoms with E-state index < -0.39 is 5.60 Å². The number of carbonyl (C=O) groups is 1. The Morgan fingerprint density at radius 1 is 1.10 bits per heavy atom. The minimum Gasteiger partial charge on any atom is -0.444 e. The SMILES string of the molecule is Cn1c(C=C2CCN(C(=O)OC(C)(C)C)CC2)nc2c(N3CCOCC3)nc(Cl)nc21. The number of piperidine rings is 1. The van der Waals surface area contributed by atoms with Crippen molar-refractivity contribution >= 4 is 40.8 Å². The molecule has 0 bridgehead atoms. The van der Waals surface area contributed by atoms with Crippen LogP contribution >= 0.6 is 11.6 Å². The van der Waals surface area contributed by atoms with Crippen LogP contribution in [-0.4, -0.2) is 75.5 Å². The van der Waals surface area contributed by atoms with Gasteiger partial charge in [0.25, 0.3) is 0 Å². The van der Waals surface area contributed by atoms with Crippen LogP contribution in [0, 0.1) is 0 Å². The van der Waals surface area contributed by atoms with E-state index in [1.807, 2.05) is 32.4 Å². The molecule has 0 N–H and O–H groups in total. The average Bonchev–Trinajstić information content (AvgIpc) is 3.03. The Kier molecular flexibility index (Phi) is 6.07. The molecule has 0 radical (unpaired) electrons. The molecule has 2 aliphatic rings. The molecular formula is C21H29ClN6O3. The number of amides is 1. The fraction of sp³-hybridized carbons (Fsp3) is 0.619. The number of ether oxygens (including phenoxy) is 2. The van der Waals surface area contributed by atoms with Gasteiger partial charge >= 0.3 is 6.09 Å². The second-order valence-corrected chi connectivity index (χ2v) is 9.22. The summed E-state index contributed by atoms with van der Waals surface area (Å²) in [5.41, 5.74) is 2.21. The molecule has 0 spiro atoms. The number of rotatable bonds is 2. The largest absolute Gasteiger partial charge is 0.444 e. The van der Waals surface area contributed by atoms with Crippen molar-refractivity contribution < 1.29 is 14.3 Å². The summed E-state index contributed by atoms with van der Waals surface area (Å²) in [4.78, 5) is 29.9. The highest BCUT2D eigenvalue weighted by Gasteiger charge is 2.25. The lowest BCUT2D eigenvalue weighted by Gasteiger charge is -2.31. The molecule has 0 saturated carbocycles. The van der Waals surface area contributed by atoms with E-state index in [2.05, 4.69) is 20.9 Å². The molecule has 2 fully saturated rings. The van der Waals surface area contributed by atoms with Gasteiger partial charge in [-0.3, -0.25) is 0 Å². The van der Waals surface area contributed by atoms with Crippen LogP contribution in [0.3, 0.4) is 0 Å². The third-order valence-corrected chi connectivity index (χ3v) is 5.58. The molecule has 2 aliphatic heterocycles. The number of fused-ring (bicyclic) bond motifs is 1. The van der Waals surface area contributed by atoms with Crippen molar-refractivity contribution in [3.8, 4) is 0 Å². The lowest BCUT2D eigenvalue weighted by atomic mass is 10.0. The zero-order valence-electron chi connectivity index (χ0n) is 18.5. The van der Waals surface area contributed by atoms with Crippen LogP contribution in [-0.2, 0) is 16.5 Å². The molecule has 168 valence electrons. The van der Waals surface area contributed by atoms with Gasteiger partial charge in [0, 0.05) is 33.2 Å². The molecule has 2 aromatic rings. The van der Waals surface area contributed by atoms with Crippen LogP contribution in [0.1, 0.15) is 39.4 Å². The smallest absolute Gasteiger partial charge is 0.410 e. The van der Waals surface area contributed by atoms with Crippen molar-refractivity contribution in [2.45, 2.75) is 39.2 Å². The van der Waals surface area contributed by atoms with Crippen LogP contribution in [0.4, 0.5) is 10.6 Å². The van der Waals surface area contributed by atoms with Gasteiger partial charge in [-0.15, -0.1) is 0 Å². The average molecular weight is 449 g/mol. The first-order valence-electron chi connectivity index (χ1n) is 10.6. The quantitative estimate of drug-likeness (QED) is 0.651. The molecule has 1 amide bonds. The molecule has 2 saturated heterocycles. The van der Waals surface area contributed by atoms with Gasteiger partial charge in [0.1, 0.15) is 11.4 Å². The molecule has 2 aromatic heterocycles. The van der Waals surface area contributed by atoms with Crippen LogP contribution in [0.5, 0.6) is 0 Å². The predicted octanol–water partition coefficient (Wildman–Crippen LogP) is 3.27. The van der Waals surface area contributed by atoms with E-state index >= 15 is 0 Å². The number of morpholine rings is 1. The molecule has 0 unspecified atom stereocenters. The van der Waals surface area contributed by atoms with Gasteiger partial charge in [0.2, 0.25) is 5.28 Å². The van der Waals surface area contributed by atoms with Crippen LogP contribution in [0.25, 0.3) is 17.2 Å². The third kappa shape index (κ3) is 4.93. The van der Waals surface area contributed by atoms with Crippen molar-refractivity contribution in [3.05, 3.63) is 16.7 Å². The molecule has 10 heteroatoms. The Labute approximate surface area is 187 Å². The predicted molar refractivity (Wildman–Crippen MR) is 119 cm³/mol. The summed E-state index contributed by atoms with van der Waals surface area (Å²) >= 11 is 6.22. The highest BCUT2D eigenvalue weighted by atomic mass is 35.5. The summed E-state index contributed by atoms with van der Waals surface area (Å²) in [5, 5.41) is 0.210. The molecule has 31 heavy (non-hydrogen) atoms. The van der Waals surface area contributed by atoms with E-state index in [9.17, 15) is 4.79 Å².